The number of hydrogen-bond donors (Lipinski definition) is 2. The van der Waals surface area contributed by atoms with Gasteiger partial charge in [-0.1, -0.05) is 23.4 Å². The summed E-state index contributed by atoms with van der Waals surface area (Å²) in [5.74, 6) is 5.65. The number of nitrogen functional groups attached to an aromatic ring is 1. The van der Waals surface area contributed by atoms with E-state index in [1.807, 2.05) is 0 Å². The van der Waals surface area contributed by atoms with Gasteiger partial charge in [0.2, 0.25) is 5.16 Å². The zero-order valence-corrected chi connectivity index (χ0v) is 12.0. The van der Waals surface area contributed by atoms with Crippen LogP contribution in [0.3, 0.4) is 0 Å². The largest absolute Gasteiger partial charge is 0.496 e. The molecule has 0 unspecified atom stereocenters. The maximum absolute atomic E-state index is 10.5. The highest BCUT2D eigenvalue weighted by atomic mass is 35.5. The van der Waals surface area contributed by atoms with E-state index < -0.39 is 5.97 Å². The summed E-state index contributed by atoms with van der Waals surface area (Å²) in [5.41, 5.74) is 0.581. The lowest BCUT2D eigenvalue weighted by Crippen LogP contribution is -2.12. The second-order valence-corrected chi connectivity index (χ2v) is 5.08. The van der Waals surface area contributed by atoms with Crippen molar-refractivity contribution in [2.24, 2.45) is 0 Å². The molecule has 0 aliphatic rings. The van der Waals surface area contributed by atoms with Gasteiger partial charge in [0.25, 0.3) is 0 Å². The Balaban J connectivity index is 2.39. The SMILES string of the molecule is COc1ccc(Cl)cc1-c1nnc(SCC(=O)O)n1N. The molecule has 7 nitrogen and oxygen atoms in total. The average molecular weight is 315 g/mol. The Labute approximate surface area is 123 Å². The highest BCUT2D eigenvalue weighted by Gasteiger charge is 2.17. The van der Waals surface area contributed by atoms with Crippen LogP contribution in [-0.2, 0) is 4.79 Å². The summed E-state index contributed by atoms with van der Waals surface area (Å²) in [4.78, 5) is 10.5. The Morgan fingerprint density at radius 1 is 1.55 bits per heavy atom. The lowest BCUT2D eigenvalue weighted by molar-refractivity contribution is -0.133. The molecule has 0 saturated carbocycles. The maximum Gasteiger partial charge on any atom is 0.313 e. The standard InChI is InChI=1S/C11H11ClN4O3S/c1-19-8-3-2-6(12)4-7(8)10-14-15-11(16(10)13)20-5-9(17)18/h2-4H,5,13H2,1H3,(H,17,18). The smallest absolute Gasteiger partial charge is 0.313 e. The minimum Gasteiger partial charge on any atom is -0.496 e. The molecule has 0 amide bonds. The van der Waals surface area contributed by atoms with E-state index >= 15 is 0 Å². The van der Waals surface area contributed by atoms with Crippen molar-refractivity contribution in [3.63, 3.8) is 0 Å². The van der Waals surface area contributed by atoms with Crippen LogP contribution in [0.2, 0.25) is 5.02 Å². The molecule has 0 fully saturated rings. The molecule has 0 bridgehead atoms. The average Bonchev–Trinajstić information content (AvgIpc) is 2.77. The summed E-state index contributed by atoms with van der Waals surface area (Å²) in [7, 11) is 1.52. The van der Waals surface area contributed by atoms with Crippen LogP contribution >= 0.6 is 23.4 Å². The quantitative estimate of drug-likeness (QED) is 0.636. The van der Waals surface area contributed by atoms with Crippen molar-refractivity contribution in [3.8, 4) is 17.1 Å². The third-order valence-electron chi connectivity index (χ3n) is 2.39. The first-order valence-electron chi connectivity index (χ1n) is 5.42. The minimum absolute atomic E-state index is 0.151. The minimum atomic E-state index is -0.958. The van der Waals surface area contributed by atoms with Gasteiger partial charge in [-0.05, 0) is 18.2 Å². The number of carbonyl (C=O) groups is 1. The summed E-state index contributed by atoms with van der Waals surface area (Å²) in [6, 6.07) is 5.02. The molecule has 1 aromatic carbocycles. The van der Waals surface area contributed by atoms with Gasteiger partial charge >= 0.3 is 5.97 Å². The molecule has 1 aromatic heterocycles. The fourth-order valence-electron chi connectivity index (χ4n) is 1.54. The molecule has 106 valence electrons. The second kappa shape index (κ2) is 6.02. The predicted octanol–water partition coefficient (Wildman–Crippen LogP) is 1.50. The second-order valence-electron chi connectivity index (χ2n) is 3.70. The monoisotopic (exact) mass is 314 g/mol. The first-order valence-corrected chi connectivity index (χ1v) is 6.78. The number of ether oxygens (including phenoxy) is 1. The van der Waals surface area contributed by atoms with Crippen LogP contribution in [-0.4, -0.2) is 38.8 Å². The Morgan fingerprint density at radius 2 is 2.30 bits per heavy atom. The summed E-state index contributed by atoms with van der Waals surface area (Å²) in [6.45, 7) is 0. The van der Waals surface area contributed by atoms with Crippen LogP contribution in [0.4, 0.5) is 0 Å². The van der Waals surface area contributed by atoms with Crippen LogP contribution in [0.15, 0.2) is 23.4 Å². The number of methoxy groups -OCH3 is 1. The van der Waals surface area contributed by atoms with Crippen molar-refractivity contribution in [2.45, 2.75) is 5.16 Å². The first kappa shape index (κ1) is 14.5. The lowest BCUT2D eigenvalue weighted by Gasteiger charge is -2.08. The molecular weight excluding hydrogens is 304 g/mol. The van der Waals surface area contributed by atoms with E-state index in [4.69, 9.17) is 27.3 Å². The molecule has 0 aliphatic heterocycles. The van der Waals surface area contributed by atoms with Gasteiger partial charge in [-0.25, -0.2) is 4.68 Å². The molecule has 0 aliphatic carbocycles. The van der Waals surface area contributed by atoms with Gasteiger partial charge in [-0.2, -0.15) is 0 Å². The summed E-state index contributed by atoms with van der Waals surface area (Å²) < 4.78 is 6.43. The van der Waals surface area contributed by atoms with E-state index in [-0.39, 0.29) is 5.75 Å². The van der Waals surface area contributed by atoms with Gasteiger partial charge in [-0.3, -0.25) is 4.79 Å². The van der Waals surface area contributed by atoms with E-state index in [0.29, 0.717) is 27.3 Å². The molecule has 0 atom stereocenters. The number of carboxylic acid groups (broad SMARTS) is 1. The van der Waals surface area contributed by atoms with E-state index in [2.05, 4.69) is 10.2 Å². The van der Waals surface area contributed by atoms with Crippen molar-refractivity contribution in [1.29, 1.82) is 0 Å². The zero-order chi connectivity index (χ0) is 14.7. The van der Waals surface area contributed by atoms with Crippen molar-refractivity contribution in [1.82, 2.24) is 14.9 Å². The number of halogens is 1. The molecule has 3 N–H and O–H groups in total. The Morgan fingerprint density at radius 3 is 2.95 bits per heavy atom. The lowest BCUT2D eigenvalue weighted by atomic mass is 10.2. The number of hydrogen-bond acceptors (Lipinski definition) is 6. The van der Waals surface area contributed by atoms with Crippen molar-refractivity contribution < 1.29 is 14.6 Å². The third-order valence-corrected chi connectivity index (χ3v) is 3.55. The van der Waals surface area contributed by atoms with Gasteiger partial charge in [0.1, 0.15) is 5.75 Å². The Bertz CT molecular complexity index is 647. The van der Waals surface area contributed by atoms with Gasteiger partial charge in [0, 0.05) is 5.02 Å². The highest BCUT2D eigenvalue weighted by Crippen LogP contribution is 2.32. The predicted molar refractivity (Wildman–Crippen MR) is 75.5 cm³/mol. The van der Waals surface area contributed by atoms with Crippen molar-refractivity contribution in [2.75, 3.05) is 18.7 Å². The number of nitrogens with zero attached hydrogens (tertiary/aromatic N) is 3. The maximum atomic E-state index is 10.5. The normalized spacial score (nSPS) is 10.5. The number of nitrogens with two attached hydrogens (primary N) is 1. The summed E-state index contributed by atoms with van der Waals surface area (Å²) in [6.07, 6.45) is 0. The van der Waals surface area contributed by atoms with Crippen LogP contribution in [0.1, 0.15) is 0 Å². The van der Waals surface area contributed by atoms with Crippen LogP contribution in [0, 0.1) is 0 Å². The molecule has 2 aromatic rings. The van der Waals surface area contributed by atoms with Crippen molar-refractivity contribution >= 4 is 29.3 Å². The fraction of sp³-hybridized carbons (Fsp3) is 0.182. The topological polar surface area (TPSA) is 103 Å². The van der Waals surface area contributed by atoms with Gasteiger partial charge < -0.3 is 15.7 Å². The van der Waals surface area contributed by atoms with Gasteiger partial charge in [0.15, 0.2) is 5.82 Å². The van der Waals surface area contributed by atoms with Crippen molar-refractivity contribution in [3.05, 3.63) is 23.2 Å². The summed E-state index contributed by atoms with van der Waals surface area (Å²) >= 11 is 6.93. The Hall–Kier alpha value is -1.93. The number of aliphatic carboxylic acids is 1. The number of benzene rings is 1. The molecule has 20 heavy (non-hydrogen) atoms. The molecule has 2 rings (SSSR count). The molecule has 0 spiro atoms. The third kappa shape index (κ3) is 2.97. The number of aromatic nitrogens is 3. The number of thioether (sulfide) groups is 1. The fourth-order valence-corrected chi connectivity index (χ4v) is 2.29. The van der Waals surface area contributed by atoms with Gasteiger partial charge in [0.05, 0.1) is 18.4 Å². The summed E-state index contributed by atoms with van der Waals surface area (Å²) in [5, 5.41) is 17.3. The van der Waals surface area contributed by atoms with Crippen LogP contribution in [0.5, 0.6) is 5.75 Å². The molecule has 0 radical (unpaired) electrons. The van der Waals surface area contributed by atoms with E-state index in [1.165, 1.54) is 11.8 Å². The van der Waals surface area contributed by atoms with E-state index in [0.717, 1.165) is 11.8 Å². The molecule has 0 saturated heterocycles. The number of rotatable bonds is 5. The van der Waals surface area contributed by atoms with Gasteiger partial charge in [-0.15, -0.1) is 10.2 Å². The van der Waals surface area contributed by atoms with Crippen LogP contribution in [0.25, 0.3) is 11.4 Å². The Kier molecular flexibility index (Phi) is 4.35. The highest BCUT2D eigenvalue weighted by molar-refractivity contribution is 7.99. The first-order chi connectivity index (χ1) is 9.52. The molecular formula is C11H11ClN4O3S. The van der Waals surface area contributed by atoms with E-state index in [1.54, 1.807) is 18.2 Å². The number of carboxylic acids is 1. The zero-order valence-electron chi connectivity index (χ0n) is 10.4. The molecule has 9 heteroatoms. The molecule has 1 heterocycles. The van der Waals surface area contributed by atoms with E-state index in [9.17, 15) is 4.79 Å². The van der Waals surface area contributed by atoms with Crippen LogP contribution < -0.4 is 10.6 Å².